The van der Waals surface area contributed by atoms with Crippen molar-refractivity contribution < 1.29 is 13.2 Å². The maximum atomic E-state index is 12.0. The van der Waals surface area contributed by atoms with Gasteiger partial charge < -0.3 is 0 Å². The SMILES string of the molecule is CC(C)S(=O)(=O)C[C@]12CC1(C)[C@H](C)CC2=O. The van der Waals surface area contributed by atoms with Crippen LogP contribution < -0.4 is 0 Å². The first-order valence-corrected chi connectivity index (χ1v) is 7.62. The van der Waals surface area contributed by atoms with Crippen molar-refractivity contribution in [3.63, 3.8) is 0 Å². The molecule has 0 aromatic carbocycles. The third-order valence-electron chi connectivity index (χ3n) is 4.92. The van der Waals surface area contributed by atoms with Gasteiger partial charge in [0.05, 0.1) is 11.0 Å². The van der Waals surface area contributed by atoms with Crippen molar-refractivity contribution >= 4 is 15.6 Å². The minimum Gasteiger partial charge on any atom is -0.299 e. The highest BCUT2D eigenvalue weighted by molar-refractivity contribution is 7.92. The van der Waals surface area contributed by atoms with E-state index in [1.54, 1.807) is 13.8 Å². The smallest absolute Gasteiger partial charge is 0.153 e. The van der Waals surface area contributed by atoms with Gasteiger partial charge in [0.25, 0.3) is 0 Å². The fourth-order valence-corrected chi connectivity index (χ4v) is 4.76. The molecule has 0 spiro atoms. The molecule has 0 aromatic rings. The first-order chi connectivity index (χ1) is 7.16. The van der Waals surface area contributed by atoms with Gasteiger partial charge in [-0.15, -0.1) is 0 Å². The molecule has 3 atom stereocenters. The Morgan fingerprint density at radius 2 is 2.00 bits per heavy atom. The number of rotatable bonds is 3. The highest BCUT2D eigenvalue weighted by atomic mass is 32.2. The zero-order chi connectivity index (χ0) is 12.4. The summed E-state index contributed by atoms with van der Waals surface area (Å²) in [6.07, 6.45) is 1.33. The van der Waals surface area contributed by atoms with Crippen molar-refractivity contribution in [3.8, 4) is 0 Å². The van der Waals surface area contributed by atoms with Crippen LogP contribution in [0.15, 0.2) is 0 Å². The molecule has 2 aliphatic carbocycles. The largest absolute Gasteiger partial charge is 0.299 e. The van der Waals surface area contributed by atoms with Crippen LogP contribution in [-0.2, 0) is 14.6 Å². The Balaban J connectivity index is 2.28. The molecule has 0 bridgehead atoms. The number of carbonyl (C=O) groups is 1. The number of sulfone groups is 1. The summed E-state index contributed by atoms with van der Waals surface area (Å²) in [5, 5.41) is -0.379. The second-order valence-corrected chi connectivity index (χ2v) is 8.62. The molecule has 2 rings (SSSR count). The summed E-state index contributed by atoms with van der Waals surface area (Å²) in [6.45, 7) is 7.51. The van der Waals surface area contributed by atoms with Crippen molar-refractivity contribution in [1.82, 2.24) is 0 Å². The van der Waals surface area contributed by atoms with Gasteiger partial charge in [0, 0.05) is 11.8 Å². The van der Waals surface area contributed by atoms with Crippen LogP contribution >= 0.6 is 0 Å². The number of hydrogen-bond acceptors (Lipinski definition) is 3. The van der Waals surface area contributed by atoms with Crippen LogP contribution in [0.5, 0.6) is 0 Å². The Morgan fingerprint density at radius 3 is 2.31 bits per heavy atom. The third-order valence-corrected chi connectivity index (χ3v) is 7.25. The Kier molecular flexibility index (Phi) is 2.34. The molecule has 0 aromatic heterocycles. The van der Waals surface area contributed by atoms with Gasteiger partial charge in [-0.1, -0.05) is 13.8 Å². The summed E-state index contributed by atoms with van der Waals surface area (Å²) in [4.78, 5) is 12.0. The molecule has 1 unspecified atom stereocenters. The Morgan fingerprint density at radius 1 is 1.44 bits per heavy atom. The molecule has 2 saturated carbocycles. The van der Waals surface area contributed by atoms with Gasteiger partial charge >= 0.3 is 0 Å². The Hall–Kier alpha value is -0.380. The van der Waals surface area contributed by atoms with Crippen LogP contribution in [0.3, 0.4) is 0 Å². The van der Waals surface area contributed by atoms with Gasteiger partial charge in [-0.3, -0.25) is 4.79 Å². The van der Waals surface area contributed by atoms with E-state index in [2.05, 4.69) is 13.8 Å². The van der Waals surface area contributed by atoms with Crippen LogP contribution in [0.4, 0.5) is 0 Å². The fraction of sp³-hybridized carbons (Fsp3) is 0.917. The number of hydrogen-bond donors (Lipinski definition) is 0. The summed E-state index contributed by atoms with van der Waals surface area (Å²) in [7, 11) is -3.11. The lowest BCUT2D eigenvalue weighted by Crippen LogP contribution is -2.30. The number of Topliss-reactive ketones (excluding diaryl/α,β-unsaturated/α-hetero) is 1. The van der Waals surface area contributed by atoms with E-state index in [4.69, 9.17) is 0 Å². The third kappa shape index (κ3) is 1.31. The van der Waals surface area contributed by atoms with E-state index in [0.29, 0.717) is 12.3 Å². The van der Waals surface area contributed by atoms with Crippen LogP contribution in [0.2, 0.25) is 0 Å². The van der Waals surface area contributed by atoms with Crippen molar-refractivity contribution in [2.75, 3.05) is 5.75 Å². The van der Waals surface area contributed by atoms with Gasteiger partial charge in [-0.25, -0.2) is 8.42 Å². The minimum atomic E-state index is -3.11. The van der Waals surface area contributed by atoms with Gasteiger partial charge in [0.15, 0.2) is 9.84 Å². The molecule has 4 heteroatoms. The molecule has 16 heavy (non-hydrogen) atoms. The molecule has 0 N–H and O–H groups in total. The quantitative estimate of drug-likeness (QED) is 0.761. The Labute approximate surface area is 97.5 Å². The lowest BCUT2D eigenvalue weighted by atomic mass is 9.92. The number of carbonyl (C=O) groups excluding carboxylic acids is 1. The van der Waals surface area contributed by atoms with Gasteiger partial charge in [-0.05, 0) is 31.6 Å². The minimum absolute atomic E-state index is 0.0496. The van der Waals surface area contributed by atoms with Crippen molar-refractivity contribution in [2.24, 2.45) is 16.7 Å². The summed E-state index contributed by atoms with van der Waals surface area (Å²) in [6, 6.07) is 0. The molecule has 0 heterocycles. The molecule has 0 saturated heterocycles. The molecule has 92 valence electrons. The summed E-state index contributed by atoms with van der Waals surface area (Å²) >= 11 is 0. The average Bonchev–Trinajstić information content (AvgIpc) is 2.67. The summed E-state index contributed by atoms with van der Waals surface area (Å²) < 4.78 is 23.9. The van der Waals surface area contributed by atoms with E-state index in [1.807, 2.05) is 0 Å². The number of fused-ring (bicyclic) bond motifs is 1. The number of ketones is 1. The van der Waals surface area contributed by atoms with E-state index in [1.165, 1.54) is 0 Å². The van der Waals surface area contributed by atoms with Crippen molar-refractivity contribution in [2.45, 2.75) is 45.8 Å². The molecule has 0 radical (unpaired) electrons. The van der Waals surface area contributed by atoms with Crippen LogP contribution in [0.1, 0.15) is 40.5 Å². The van der Waals surface area contributed by atoms with Crippen LogP contribution in [0.25, 0.3) is 0 Å². The van der Waals surface area contributed by atoms with Gasteiger partial charge in [0.2, 0.25) is 0 Å². The van der Waals surface area contributed by atoms with E-state index in [-0.39, 0.29) is 22.2 Å². The van der Waals surface area contributed by atoms with Crippen molar-refractivity contribution in [1.29, 1.82) is 0 Å². The molecule has 0 amide bonds. The monoisotopic (exact) mass is 244 g/mol. The zero-order valence-electron chi connectivity index (χ0n) is 10.4. The lowest BCUT2D eigenvalue weighted by molar-refractivity contribution is -0.122. The maximum absolute atomic E-state index is 12.0. The summed E-state index contributed by atoms with van der Waals surface area (Å²) in [5.74, 6) is 0.575. The van der Waals surface area contributed by atoms with Crippen molar-refractivity contribution in [3.05, 3.63) is 0 Å². The second kappa shape index (κ2) is 3.09. The molecule has 3 nitrogen and oxygen atoms in total. The fourth-order valence-electron chi connectivity index (χ4n) is 3.15. The Bertz CT molecular complexity index is 437. The lowest BCUT2D eigenvalue weighted by Gasteiger charge is -2.17. The predicted molar refractivity (Wildman–Crippen MR) is 62.9 cm³/mol. The second-order valence-electron chi connectivity index (χ2n) is 6.06. The molecular weight excluding hydrogens is 224 g/mol. The molecular formula is C12H20O3S. The van der Waals surface area contributed by atoms with Crippen LogP contribution in [-0.4, -0.2) is 25.2 Å². The highest BCUT2D eigenvalue weighted by Crippen LogP contribution is 2.74. The maximum Gasteiger partial charge on any atom is 0.153 e. The zero-order valence-corrected chi connectivity index (χ0v) is 11.2. The molecule has 2 aliphatic rings. The first kappa shape index (κ1) is 12.1. The molecule has 2 fully saturated rings. The highest BCUT2D eigenvalue weighted by Gasteiger charge is 2.75. The van der Waals surface area contributed by atoms with E-state index in [9.17, 15) is 13.2 Å². The van der Waals surface area contributed by atoms with Gasteiger partial charge in [0.1, 0.15) is 5.78 Å². The van der Waals surface area contributed by atoms with Gasteiger partial charge in [-0.2, -0.15) is 0 Å². The van der Waals surface area contributed by atoms with E-state index < -0.39 is 15.3 Å². The standard InChI is InChI=1S/C12H20O3S/c1-8(2)16(14,15)7-12-6-11(12,4)9(3)5-10(12)13/h8-9H,5-7H2,1-4H3/t9-,11?,12+/m1/s1. The predicted octanol–water partition coefficient (Wildman–Crippen LogP) is 1.81. The van der Waals surface area contributed by atoms with E-state index >= 15 is 0 Å². The summed E-state index contributed by atoms with van der Waals surface area (Å²) in [5.41, 5.74) is -0.582. The van der Waals surface area contributed by atoms with Crippen LogP contribution in [0, 0.1) is 16.7 Å². The molecule has 0 aliphatic heterocycles. The first-order valence-electron chi connectivity index (χ1n) is 5.91. The average molecular weight is 244 g/mol. The van der Waals surface area contributed by atoms with E-state index in [0.717, 1.165) is 6.42 Å². The topological polar surface area (TPSA) is 51.2 Å². The normalized spacial score (nSPS) is 42.6.